The van der Waals surface area contributed by atoms with Crippen molar-refractivity contribution in [2.24, 2.45) is 5.92 Å². The molecular formula is C17H24N4O2. The lowest BCUT2D eigenvalue weighted by atomic mass is 9.90. The number of nitrogens with one attached hydrogen (secondary N) is 1. The predicted molar refractivity (Wildman–Crippen MR) is 86.3 cm³/mol. The van der Waals surface area contributed by atoms with E-state index in [1.54, 1.807) is 12.4 Å². The van der Waals surface area contributed by atoms with E-state index in [1.807, 2.05) is 4.90 Å². The number of carbonyl (C=O) groups excluding carboxylic acids is 1. The Balaban J connectivity index is 1.27. The van der Waals surface area contributed by atoms with E-state index in [-0.39, 0.29) is 6.03 Å². The normalized spacial score (nSPS) is 25.6. The Morgan fingerprint density at radius 2 is 1.87 bits per heavy atom. The molecule has 1 aliphatic carbocycles. The summed E-state index contributed by atoms with van der Waals surface area (Å²) in [6.45, 7) is 2.51. The molecule has 1 N–H and O–H groups in total. The first kappa shape index (κ1) is 14.9. The molecule has 1 aromatic rings. The quantitative estimate of drug-likeness (QED) is 0.931. The Labute approximate surface area is 136 Å². The molecule has 4 rings (SSSR count). The summed E-state index contributed by atoms with van der Waals surface area (Å²) in [4.78, 5) is 22.9. The Morgan fingerprint density at radius 3 is 2.48 bits per heavy atom. The van der Waals surface area contributed by atoms with Gasteiger partial charge in [0.15, 0.2) is 0 Å². The summed E-state index contributed by atoms with van der Waals surface area (Å²) in [5.74, 6) is 2.06. The van der Waals surface area contributed by atoms with Crippen LogP contribution in [0.5, 0.6) is 0 Å². The molecule has 2 saturated heterocycles. The van der Waals surface area contributed by atoms with Gasteiger partial charge in [-0.15, -0.1) is 0 Å². The maximum atomic E-state index is 12.4. The van der Waals surface area contributed by atoms with Crippen molar-refractivity contribution in [2.75, 3.05) is 25.0 Å². The lowest BCUT2D eigenvalue weighted by Gasteiger charge is -2.34. The Morgan fingerprint density at radius 1 is 1.13 bits per heavy atom. The topological polar surface area (TPSA) is 67.4 Å². The average molecular weight is 316 g/mol. The molecule has 3 heterocycles. The van der Waals surface area contributed by atoms with Crippen LogP contribution in [0.25, 0.3) is 0 Å². The van der Waals surface area contributed by atoms with E-state index in [4.69, 9.17) is 4.74 Å². The highest BCUT2D eigenvalue weighted by Gasteiger charge is 2.31. The maximum absolute atomic E-state index is 12.4. The van der Waals surface area contributed by atoms with Crippen LogP contribution in [0.2, 0.25) is 0 Å². The van der Waals surface area contributed by atoms with Gasteiger partial charge < -0.3 is 15.0 Å². The minimum absolute atomic E-state index is 0.0430. The maximum Gasteiger partial charge on any atom is 0.321 e. The summed E-state index contributed by atoms with van der Waals surface area (Å²) in [6, 6.07) is -0.0430. The number of anilines is 1. The highest BCUT2D eigenvalue weighted by molar-refractivity contribution is 5.89. The minimum atomic E-state index is -0.0430. The van der Waals surface area contributed by atoms with Gasteiger partial charge in [0.1, 0.15) is 5.82 Å². The SMILES string of the molecule is O=C(Nc1cnc(C2CC2)nc1)N1CCC([C@@H]2CCCO2)CC1. The lowest BCUT2D eigenvalue weighted by Crippen LogP contribution is -2.43. The van der Waals surface area contributed by atoms with Crippen LogP contribution in [0.4, 0.5) is 10.5 Å². The van der Waals surface area contributed by atoms with Gasteiger partial charge in [-0.25, -0.2) is 14.8 Å². The second-order valence-corrected chi connectivity index (χ2v) is 6.91. The summed E-state index contributed by atoms with van der Waals surface area (Å²) in [5.41, 5.74) is 0.681. The summed E-state index contributed by atoms with van der Waals surface area (Å²) >= 11 is 0. The molecule has 3 aliphatic rings. The third-order valence-corrected chi connectivity index (χ3v) is 5.18. The molecule has 2 amide bonds. The van der Waals surface area contributed by atoms with Crippen LogP contribution >= 0.6 is 0 Å². The van der Waals surface area contributed by atoms with Crippen molar-refractivity contribution < 1.29 is 9.53 Å². The molecule has 6 nitrogen and oxygen atoms in total. The number of nitrogens with zero attached hydrogens (tertiary/aromatic N) is 3. The number of hydrogen-bond acceptors (Lipinski definition) is 4. The molecule has 0 bridgehead atoms. The molecule has 3 fully saturated rings. The van der Waals surface area contributed by atoms with Gasteiger partial charge in [-0.1, -0.05) is 0 Å². The molecule has 1 aromatic heterocycles. The van der Waals surface area contributed by atoms with Crippen molar-refractivity contribution in [3.8, 4) is 0 Å². The van der Waals surface area contributed by atoms with E-state index in [0.29, 0.717) is 23.6 Å². The van der Waals surface area contributed by atoms with Gasteiger partial charge in [-0.3, -0.25) is 0 Å². The minimum Gasteiger partial charge on any atom is -0.378 e. The van der Waals surface area contributed by atoms with Crippen molar-refractivity contribution in [2.45, 2.75) is 50.5 Å². The van der Waals surface area contributed by atoms with Gasteiger partial charge in [0.25, 0.3) is 0 Å². The number of rotatable bonds is 3. The van der Waals surface area contributed by atoms with Crippen LogP contribution < -0.4 is 5.32 Å². The fourth-order valence-electron chi connectivity index (χ4n) is 3.61. The van der Waals surface area contributed by atoms with Crippen molar-refractivity contribution in [1.82, 2.24) is 14.9 Å². The van der Waals surface area contributed by atoms with Gasteiger partial charge >= 0.3 is 6.03 Å². The van der Waals surface area contributed by atoms with Crippen molar-refractivity contribution in [3.63, 3.8) is 0 Å². The molecule has 0 unspecified atom stereocenters. The number of piperidine rings is 1. The molecule has 124 valence electrons. The smallest absolute Gasteiger partial charge is 0.321 e. The zero-order valence-corrected chi connectivity index (χ0v) is 13.4. The van der Waals surface area contributed by atoms with Crippen molar-refractivity contribution in [1.29, 1.82) is 0 Å². The lowest BCUT2D eigenvalue weighted by molar-refractivity contribution is 0.0382. The van der Waals surface area contributed by atoms with Gasteiger partial charge in [0, 0.05) is 25.6 Å². The monoisotopic (exact) mass is 316 g/mol. The Hall–Kier alpha value is -1.69. The molecule has 0 aromatic carbocycles. The second-order valence-electron chi connectivity index (χ2n) is 6.91. The fraction of sp³-hybridized carbons (Fsp3) is 0.706. The molecule has 1 saturated carbocycles. The third kappa shape index (κ3) is 3.47. The number of ether oxygens (including phenoxy) is 1. The van der Waals surface area contributed by atoms with Crippen LogP contribution in [0.1, 0.15) is 50.3 Å². The van der Waals surface area contributed by atoms with E-state index < -0.39 is 0 Å². The molecule has 2 aliphatic heterocycles. The van der Waals surface area contributed by atoms with Gasteiger partial charge in [0.2, 0.25) is 0 Å². The van der Waals surface area contributed by atoms with E-state index in [0.717, 1.165) is 38.4 Å². The first-order chi connectivity index (χ1) is 11.3. The van der Waals surface area contributed by atoms with E-state index in [2.05, 4.69) is 15.3 Å². The van der Waals surface area contributed by atoms with Gasteiger partial charge in [0.05, 0.1) is 24.2 Å². The van der Waals surface area contributed by atoms with Gasteiger partial charge in [-0.2, -0.15) is 0 Å². The largest absolute Gasteiger partial charge is 0.378 e. The highest BCUT2D eigenvalue weighted by Crippen LogP contribution is 2.37. The summed E-state index contributed by atoms with van der Waals surface area (Å²) in [5, 5.41) is 2.91. The van der Waals surface area contributed by atoms with E-state index >= 15 is 0 Å². The molecular weight excluding hydrogens is 292 g/mol. The fourth-order valence-corrected chi connectivity index (χ4v) is 3.61. The summed E-state index contributed by atoms with van der Waals surface area (Å²) in [7, 11) is 0. The average Bonchev–Trinajstić information content (AvgIpc) is 3.30. The third-order valence-electron chi connectivity index (χ3n) is 5.18. The van der Waals surface area contributed by atoms with Gasteiger partial charge in [-0.05, 0) is 44.4 Å². The Bertz CT molecular complexity index is 544. The first-order valence-corrected chi connectivity index (χ1v) is 8.79. The van der Waals surface area contributed by atoms with Crippen molar-refractivity contribution in [3.05, 3.63) is 18.2 Å². The van der Waals surface area contributed by atoms with Crippen LogP contribution in [0, 0.1) is 5.92 Å². The predicted octanol–water partition coefficient (Wildman–Crippen LogP) is 2.78. The number of hydrogen-bond donors (Lipinski definition) is 1. The second kappa shape index (κ2) is 6.43. The summed E-state index contributed by atoms with van der Waals surface area (Å²) in [6.07, 6.45) is 10.7. The van der Waals surface area contributed by atoms with Crippen LogP contribution in [-0.4, -0.2) is 46.7 Å². The molecule has 0 radical (unpaired) electrons. The summed E-state index contributed by atoms with van der Waals surface area (Å²) < 4.78 is 5.78. The number of urea groups is 1. The number of amides is 2. The molecule has 6 heteroatoms. The van der Waals surface area contributed by atoms with Crippen molar-refractivity contribution >= 4 is 11.7 Å². The van der Waals surface area contributed by atoms with Crippen LogP contribution in [-0.2, 0) is 4.74 Å². The van der Waals surface area contributed by atoms with Crippen LogP contribution in [0.15, 0.2) is 12.4 Å². The zero-order valence-electron chi connectivity index (χ0n) is 13.4. The number of likely N-dealkylation sites (tertiary alicyclic amines) is 1. The van der Waals surface area contributed by atoms with E-state index in [1.165, 1.54) is 25.7 Å². The standard InChI is InChI=1S/C17H24N4O2/c22-17(20-14-10-18-16(19-11-14)13-3-4-13)21-7-5-12(6-8-21)15-2-1-9-23-15/h10-13,15H,1-9H2,(H,20,22)/t15-/m0/s1. The van der Waals surface area contributed by atoms with E-state index in [9.17, 15) is 4.79 Å². The molecule has 1 atom stereocenters. The number of carbonyl (C=O) groups is 1. The molecule has 0 spiro atoms. The first-order valence-electron chi connectivity index (χ1n) is 8.79. The zero-order chi connectivity index (χ0) is 15.6. The number of aromatic nitrogens is 2. The highest BCUT2D eigenvalue weighted by atomic mass is 16.5. The van der Waals surface area contributed by atoms with Crippen LogP contribution in [0.3, 0.4) is 0 Å². The Kier molecular flexibility index (Phi) is 4.16. The molecule has 23 heavy (non-hydrogen) atoms.